The van der Waals surface area contributed by atoms with Gasteiger partial charge < -0.3 is 34.3 Å². The van der Waals surface area contributed by atoms with E-state index in [0.717, 1.165) is 73.6 Å². The quantitative estimate of drug-likeness (QED) is 0.0545. The molecule has 0 fully saturated rings. The van der Waals surface area contributed by atoms with E-state index >= 15 is 0 Å². The smallest absolute Gasteiger partial charge is 0.323 e. The number of aliphatic carboxylic acids is 1. The van der Waals surface area contributed by atoms with E-state index in [2.05, 4.69) is 44.3 Å². The largest absolute Gasteiger partial charge is 0.488 e. The number of hydrogen-bond acceptors (Lipinski definition) is 12. The summed E-state index contributed by atoms with van der Waals surface area (Å²) < 4.78 is 25.1. The Labute approximate surface area is 386 Å². The fourth-order valence-corrected chi connectivity index (χ4v) is 7.86. The molecule has 4 N–H and O–H groups in total. The molecule has 6 aromatic rings. The van der Waals surface area contributed by atoms with E-state index in [4.69, 9.17) is 42.1 Å². The number of carbonyl (C=O) groups is 1. The molecular formula is C50H47Cl2N5O8. The Hall–Kier alpha value is -6.35. The number of pyridine rings is 2. The number of hydrogen-bond donors (Lipinski definition) is 4. The van der Waals surface area contributed by atoms with Gasteiger partial charge in [-0.3, -0.25) is 30.1 Å². The van der Waals surface area contributed by atoms with Crippen LogP contribution in [0.4, 0.5) is 0 Å². The molecule has 0 spiro atoms. The summed E-state index contributed by atoms with van der Waals surface area (Å²) in [5, 5.41) is 33.4. The predicted molar refractivity (Wildman–Crippen MR) is 249 cm³/mol. The molecule has 0 unspecified atom stereocenters. The van der Waals surface area contributed by atoms with Crippen molar-refractivity contribution < 1.29 is 39.1 Å². The summed E-state index contributed by atoms with van der Waals surface area (Å²) in [5.41, 5.74) is 12.8. The second kappa shape index (κ2) is 20.2. The molecule has 2 aliphatic rings. The van der Waals surface area contributed by atoms with Crippen LogP contribution in [0.3, 0.4) is 0 Å². The molecule has 0 saturated carbocycles. The molecule has 13 nitrogen and oxygen atoms in total. The number of halogens is 2. The Morgan fingerprint density at radius 1 is 0.662 bits per heavy atom. The molecule has 2 atom stereocenters. The molecule has 2 aliphatic heterocycles. The molecular weight excluding hydrogens is 869 g/mol. The number of aliphatic hydroxyl groups is 2. The molecule has 4 heterocycles. The van der Waals surface area contributed by atoms with Gasteiger partial charge in [-0.1, -0.05) is 59.6 Å². The normalized spacial score (nSPS) is 13.6. The highest BCUT2D eigenvalue weighted by atomic mass is 35.5. The van der Waals surface area contributed by atoms with Crippen molar-refractivity contribution >= 4 is 40.6 Å². The van der Waals surface area contributed by atoms with Gasteiger partial charge in [-0.05, 0) is 78.4 Å². The van der Waals surface area contributed by atoms with Crippen molar-refractivity contribution in [1.29, 1.82) is 0 Å². The molecule has 65 heavy (non-hydrogen) atoms. The number of carboxylic acid groups (broad SMARTS) is 1. The van der Waals surface area contributed by atoms with Gasteiger partial charge in [0.1, 0.15) is 55.5 Å². The van der Waals surface area contributed by atoms with E-state index in [9.17, 15) is 20.1 Å². The first-order valence-electron chi connectivity index (χ1n) is 21.0. The number of nitrogens with one attached hydrogen (secondary N) is 1. The van der Waals surface area contributed by atoms with Gasteiger partial charge in [0.2, 0.25) is 0 Å². The molecule has 15 heteroatoms. The van der Waals surface area contributed by atoms with Crippen LogP contribution in [0.5, 0.6) is 23.0 Å². The van der Waals surface area contributed by atoms with Crippen molar-refractivity contribution in [3.05, 3.63) is 163 Å². The van der Waals surface area contributed by atoms with Crippen molar-refractivity contribution in [2.24, 2.45) is 9.98 Å². The Morgan fingerprint density at radius 3 is 1.57 bits per heavy atom. The summed E-state index contributed by atoms with van der Waals surface area (Å²) in [5.74, 6) is 0.514. The highest BCUT2D eigenvalue weighted by molar-refractivity contribution is 6.32. The molecule has 0 saturated heterocycles. The number of rotatable bonds is 21. The lowest BCUT2D eigenvalue weighted by molar-refractivity contribution is -0.142. The zero-order valence-corrected chi connectivity index (χ0v) is 37.5. The van der Waals surface area contributed by atoms with E-state index < -0.39 is 18.1 Å². The fraction of sp³-hybridized carbons (Fsp3) is 0.260. The van der Waals surface area contributed by atoms with Crippen LogP contribution < -0.4 is 24.3 Å². The third-order valence-electron chi connectivity index (χ3n) is 11.3. The Kier molecular flexibility index (Phi) is 14.1. The summed E-state index contributed by atoms with van der Waals surface area (Å²) in [4.78, 5) is 29.0. The molecule has 0 amide bonds. The monoisotopic (exact) mass is 915 g/mol. The topological polar surface area (TPSA) is 177 Å². The van der Waals surface area contributed by atoms with Crippen LogP contribution in [0.15, 0.2) is 108 Å². The molecule has 4 aromatic carbocycles. The number of aliphatic hydroxyl groups excluding tert-OH is 2. The number of benzene rings is 4. The van der Waals surface area contributed by atoms with Gasteiger partial charge in [0.15, 0.2) is 0 Å². The van der Waals surface area contributed by atoms with Crippen LogP contribution in [0.25, 0.3) is 11.1 Å². The number of nitrogens with zero attached hydrogens (tertiary/aromatic N) is 4. The molecule has 334 valence electrons. The zero-order chi connectivity index (χ0) is 45.6. The van der Waals surface area contributed by atoms with E-state index in [1.54, 1.807) is 49.1 Å². The molecule has 0 radical (unpaired) electrons. The van der Waals surface area contributed by atoms with Gasteiger partial charge in [0.05, 0.1) is 47.3 Å². The number of aromatic nitrogens is 2. The van der Waals surface area contributed by atoms with Gasteiger partial charge in [-0.25, -0.2) is 0 Å². The summed E-state index contributed by atoms with van der Waals surface area (Å²) in [6.45, 7) is 7.59. The predicted octanol–water partition coefficient (Wildman–Crippen LogP) is 8.40. The maximum absolute atomic E-state index is 11.8. The van der Waals surface area contributed by atoms with Crippen molar-refractivity contribution in [2.75, 3.05) is 13.1 Å². The first-order valence-corrected chi connectivity index (χ1v) is 21.7. The molecule has 2 aromatic heterocycles. The summed E-state index contributed by atoms with van der Waals surface area (Å²) >= 11 is 13.5. The van der Waals surface area contributed by atoms with Gasteiger partial charge in [0, 0.05) is 76.8 Å². The van der Waals surface area contributed by atoms with Crippen LogP contribution >= 0.6 is 23.2 Å². The van der Waals surface area contributed by atoms with Crippen LogP contribution in [0.1, 0.15) is 62.6 Å². The average Bonchev–Trinajstić information content (AvgIpc) is 4.23. The Bertz CT molecular complexity index is 2810. The second-order valence-electron chi connectivity index (χ2n) is 15.9. The van der Waals surface area contributed by atoms with Crippen LogP contribution in [0.2, 0.25) is 10.0 Å². The van der Waals surface area contributed by atoms with Crippen molar-refractivity contribution in [3.8, 4) is 34.1 Å². The lowest BCUT2D eigenvalue weighted by atomic mass is 9.92. The van der Waals surface area contributed by atoms with Gasteiger partial charge in [0.25, 0.3) is 0 Å². The number of ether oxygens (including phenoxy) is 4. The molecule has 0 aliphatic carbocycles. The lowest BCUT2D eigenvalue weighted by Crippen LogP contribution is -2.44. The van der Waals surface area contributed by atoms with Crippen molar-refractivity contribution in [2.45, 2.75) is 72.5 Å². The van der Waals surface area contributed by atoms with Gasteiger partial charge in [-0.15, -0.1) is 0 Å². The highest BCUT2D eigenvalue weighted by Crippen LogP contribution is 2.37. The maximum atomic E-state index is 11.8. The van der Waals surface area contributed by atoms with Crippen LogP contribution in [0, 0.1) is 13.8 Å². The van der Waals surface area contributed by atoms with Crippen molar-refractivity contribution in [1.82, 2.24) is 15.3 Å². The SMILES string of the molecule is Cc1c(COc2cc(OCc3cncc(C4=NC4)c3)c(CO)cc2Cl)cccc1-c1cccc(COc2cc(OCc3cncc(C4=NC4)c3)c(CN[C@H](C(=O)O)[C@@H](C)O)cc2Cl)c1C. The number of aliphatic imine (C=N–C) groups is 2. The van der Waals surface area contributed by atoms with Gasteiger partial charge in [-0.2, -0.15) is 0 Å². The maximum Gasteiger partial charge on any atom is 0.323 e. The lowest BCUT2D eigenvalue weighted by Gasteiger charge is -2.20. The minimum Gasteiger partial charge on any atom is -0.488 e. The summed E-state index contributed by atoms with van der Waals surface area (Å²) in [6.07, 6.45) is 5.87. The first kappa shape index (κ1) is 45.2. The number of carboxylic acids is 1. The minimum atomic E-state index is -1.21. The Balaban J connectivity index is 0.971. The summed E-state index contributed by atoms with van der Waals surface area (Å²) in [6, 6.07) is 21.7. The van der Waals surface area contributed by atoms with E-state index in [0.29, 0.717) is 50.7 Å². The minimum absolute atomic E-state index is 0.0557. The first-order chi connectivity index (χ1) is 31.4. The third-order valence-corrected chi connectivity index (χ3v) is 11.9. The molecule has 0 bridgehead atoms. The Morgan fingerprint density at radius 2 is 1.12 bits per heavy atom. The van der Waals surface area contributed by atoms with Crippen molar-refractivity contribution in [3.63, 3.8) is 0 Å². The molecule has 8 rings (SSSR count). The van der Waals surface area contributed by atoms with E-state index in [-0.39, 0.29) is 39.6 Å². The zero-order valence-electron chi connectivity index (χ0n) is 36.0. The van der Waals surface area contributed by atoms with Gasteiger partial charge >= 0.3 is 5.97 Å². The van der Waals surface area contributed by atoms with Crippen LogP contribution in [-0.4, -0.2) is 67.9 Å². The summed E-state index contributed by atoms with van der Waals surface area (Å²) in [7, 11) is 0. The standard InChI is InChI=1S/C50H47Cl2N5O8/c1-28-33(26-64-47-14-45(62-24-31-10-35(18-53-16-31)43-21-55-43)37(12-41(47)51)20-57-49(30(3)59)50(60)61)6-4-8-39(28)40-9-5-7-34(29(40)2)27-65-48-15-46(38(23-58)13-42(48)52)63-25-32-11-36(19-54-17-32)44-22-56-44/h4-19,30,49,57-59H,20-27H2,1-3H3,(H,60,61)/t30-,49+/m1/s1. The second-order valence-corrected chi connectivity index (χ2v) is 16.7. The fourth-order valence-electron chi connectivity index (χ4n) is 7.38. The average molecular weight is 917 g/mol. The highest BCUT2D eigenvalue weighted by Gasteiger charge is 2.24. The third kappa shape index (κ3) is 11.1. The van der Waals surface area contributed by atoms with Crippen LogP contribution in [-0.2, 0) is 44.4 Å². The van der Waals surface area contributed by atoms with E-state index in [1.165, 1.54) is 6.92 Å². The van der Waals surface area contributed by atoms with E-state index in [1.807, 2.05) is 43.3 Å².